The third-order valence-electron chi connectivity index (χ3n) is 6.94. The fourth-order valence-electron chi connectivity index (χ4n) is 4.66. The second kappa shape index (κ2) is 15.8. The SMILES string of the molecule is Cc1ccc(Cl)cc1N(CCCC(=O)N(Cc1c(Cl)cccc1Cl)C(Cc1ccccc1)C(=O)NCC(C)C)S(C)(=O)=O. The van der Waals surface area contributed by atoms with Crippen molar-refractivity contribution in [3.05, 3.63) is 98.5 Å². The van der Waals surface area contributed by atoms with E-state index in [1.54, 1.807) is 43.3 Å². The van der Waals surface area contributed by atoms with Crippen LogP contribution in [-0.4, -0.2) is 50.5 Å². The summed E-state index contributed by atoms with van der Waals surface area (Å²) in [5.74, 6) is -0.408. The Balaban J connectivity index is 1.94. The fraction of sp³-hybridized carbons (Fsp3) is 0.375. The number of nitrogens with one attached hydrogen (secondary N) is 1. The molecule has 1 N–H and O–H groups in total. The molecule has 0 bridgehead atoms. The molecule has 0 aromatic heterocycles. The summed E-state index contributed by atoms with van der Waals surface area (Å²) in [7, 11) is -3.67. The Labute approximate surface area is 270 Å². The van der Waals surface area contributed by atoms with E-state index in [1.807, 2.05) is 44.2 Å². The molecule has 3 aromatic rings. The van der Waals surface area contributed by atoms with Crippen LogP contribution in [0.2, 0.25) is 15.1 Å². The highest BCUT2D eigenvalue weighted by molar-refractivity contribution is 7.92. The monoisotopic (exact) mass is 665 g/mol. The van der Waals surface area contributed by atoms with Crippen LogP contribution in [0.1, 0.15) is 43.4 Å². The molecule has 1 atom stereocenters. The molecule has 0 fully saturated rings. The van der Waals surface area contributed by atoms with Crippen LogP contribution in [0.25, 0.3) is 0 Å². The van der Waals surface area contributed by atoms with Crippen LogP contribution in [-0.2, 0) is 32.6 Å². The summed E-state index contributed by atoms with van der Waals surface area (Å²) in [6, 6.07) is 18.7. The molecule has 0 radical (unpaired) electrons. The van der Waals surface area contributed by atoms with Gasteiger partial charge >= 0.3 is 0 Å². The van der Waals surface area contributed by atoms with Crippen LogP contribution >= 0.6 is 34.8 Å². The second-order valence-corrected chi connectivity index (χ2v) is 14.1. The van der Waals surface area contributed by atoms with E-state index in [1.165, 1.54) is 9.21 Å². The number of hydrogen-bond acceptors (Lipinski definition) is 4. The molecular weight excluding hydrogens is 629 g/mol. The summed E-state index contributed by atoms with van der Waals surface area (Å²) in [5.41, 5.74) is 2.61. The molecule has 232 valence electrons. The van der Waals surface area contributed by atoms with Gasteiger partial charge in [0, 0.05) is 53.1 Å². The van der Waals surface area contributed by atoms with Gasteiger partial charge in [0.15, 0.2) is 0 Å². The zero-order valence-electron chi connectivity index (χ0n) is 24.8. The van der Waals surface area contributed by atoms with Crippen molar-refractivity contribution in [1.29, 1.82) is 0 Å². The summed E-state index contributed by atoms with van der Waals surface area (Å²) < 4.78 is 26.8. The minimum Gasteiger partial charge on any atom is -0.354 e. The zero-order valence-corrected chi connectivity index (χ0v) is 27.9. The molecule has 3 aromatic carbocycles. The molecule has 11 heteroatoms. The van der Waals surface area contributed by atoms with Crippen molar-refractivity contribution in [2.45, 2.75) is 52.6 Å². The van der Waals surface area contributed by atoms with E-state index in [-0.39, 0.29) is 50.1 Å². The van der Waals surface area contributed by atoms with Crippen molar-refractivity contribution in [3.63, 3.8) is 0 Å². The van der Waals surface area contributed by atoms with Crippen molar-refractivity contribution < 1.29 is 18.0 Å². The highest BCUT2D eigenvalue weighted by Gasteiger charge is 2.31. The predicted molar refractivity (Wildman–Crippen MR) is 176 cm³/mol. The van der Waals surface area contributed by atoms with E-state index < -0.39 is 16.1 Å². The van der Waals surface area contributed by atoms with E-state index in [0.717, 1.165) is 17.4 Å². The summed E-state index contributed by atoms with van der Waals surface area (Å²) in [6.45, 7) is 6.29. The predicted octanol–water partition coefficient (Wildman–Crippen LogP) is 6.91. The van der Waals surface area contributed by atoms with Crippen LogP contribution in [0.4, 0.5) is 5.69 Å². The van der Waals surface area contributed by atoms with E-state index in [4.69, 9.17) is 34.8 Å². The molecule has 43 heavy (non-hydrogen) atoms. The first-order valence-electron chi connectivity index (χ1n) is 14.1. The number of carbonyl (C=O) groups is 2. The number of halogens is 3. The third-order valence-corrected chi connectivity index (χ3v) is 9.06. The Hall–Kier alpha value is -2.78. The number of aryl methyl sites for hydroxylation is 1. The molecule has 0 saturated heterocycles. The summed E-state index contributed by atoms with van der Waals surface area (Å²) >= 11 is 19.2. The lowest BCUT2D eigenvalue weighted by Crippen LogP contribution is -2.51. The minimum absolute atomic E-state index is 0.00707. The molecule has 1 unspecified atom stereocenters. The lowest BCUT2D eigenvalue weighted by Gasteiger charge is -2.32. The maximum Gasteiger partial charge on any atom is 0.243 e. The second-order valence-electron chi connectivity index (χ2n) is 10.9. The Kier molecular flexibility index (Phi) is 12.8. The molecular formula is C32H38Cl3N3O4S. The summed E-state index contributed by atoms with van der Waals surface area (Å²) in [6.07, 6.45) is 1.58. The maximum absolute atomic E-state index is 14.0. The van der Waals surface area contributed by atoms with E-state index in [0.29, 0.717) is 32.9 Å². The van der Waals surface area contributed by atoms with Crippen molar-refractivity contribution in [3.8, 4) is 0 Å². The highest BCUT2D eigenvalue weighted by atomic mass is 35.5. The number of hydrogen-bond donors (Lipinski definition) is 1. The standard InChI is InChI=1S/C32H38Cl3N3O4S/c1-22(2)20-36-32(40)30(18-24-10-6-5-7-11-24)37(21-26-27(34)12-8-13-28(26)35)31(39)14-9-17-38(43(4,41)42)29-19-25(33)16-15-23(29)3/h5-8,10-13,15-16,19,22,30H,9,14,17-18,20-21H2,1-4H3,(H,36,40). The lowest BCUT2D eigenvalue weighted by atomic mass is 10.0. The zero-order chi connectivity index (χ0) is 31.7. The Morgan fingerprint density at radius 1 is 0.930 bits per heavy atom. The molecule has 3 rings (SSSR count). The van der Waals surface area contributed by atoms with Gasteiger partial charge in [0.2, 0.25) is 21.8 Å². The van der Waals surface area contributed by atoms with Gasteiger partial charge in [0.05, 0.1) is 11.9 Å². The maximum atomic E-state index is 14.0. The first kappa shape index (κ1) is 34.7. The Morgan fingerprint density at radius 2 is 1.58 bits per heavy atom. The molecule has 0 saturated carbocycles. The molecule has 0 aliphatic carbocycles. The first-order valence-corrected chi connectivity index (χ1v) is 17.0. The number of nitrogens with zero attached hydrogens (tertiary/aromatic N) is 2. The number of amides is 2. The number of anilines is 1. The largest absolute Gasteiger partial charge is 0.354 e. The first-order chi connectivity index (χ1) is 20.3. The van der Waals surface area contributed by atoms with Crippen LogP contribution in [0.3, 0.4) is 0 Å². The normalized spacial score (nSPS) is 12.2. The van der Waals surface area contributed by atoms with Crippen molar-refractivity contribution in [1.82, 2.24) is 10.2 Å². The molecule has 0 heterocycles. The van der Waals surface area contributed by atoms with Crippen LogP contribution in [0, 0.1) is 12.8 Å². The summed E-state index contributed by atoms with van der Waals surface area (Å²) in [4.78, 5) is 29.2. The van der Waals surface area contributed by atoms with Gasteiger partial charge in [0.1, 0.15) is 6.04 Å². The van der Waals surface area contributed by atoms with E-state index in [9.17, 15) is 18.0 Å². The van der Waals surface area contributed by atoms with E-state index >= 15 is 0 Å². The lowest BCUT2D eigenvalue weighted by molar-refractivity contribution is -0.141. The van der Waals surface area contributed by atoms with Gasteiger partial charge in [-0.25, -0.2) is 8.42 Å². The van der Waals surface area contributed by atoms with Crippen molar-refractivity contribution in [2.24, 2.45) is 5.92 Å². The minimum atomic E-state index is -3.67. The fourth-order valence-corrected chi connectivity index (χ4v) is 6.36. The smallest absolute Gasteiger partial charge is 0.243 e. The topological polar surface area (TPSA) is 86.8 Å². The van der Waals surface area contributed by atoms with Gasteiger partial charge in [-0.15, -0.1) is 0 Å². The summed E-state index contributed by atoms with van der Waals surface area (Å²) in [5, 5.41) is 4.15. The van der Waals surface area contributed by atoms with E-state index in [2.05, 4.69) is 5.32 Å². The molecule has 2 amide bonds. The highest BCUT2D eigenvalue weighted by Crippen LogP contribution is 2.29. The molecule has 0 spiro atoms. The molecule has 0 aliphatic heterocycles. The van der Waals surface area contributed by atoms with Crippen LogP contribution in [0.5, 0.6) is 0 Å². The van der Waals surface area contributed by atoms with Gasteiger partial charge in [-0.2, -0.15) is 0 Å². The van der Waals surface area contributed by atoms with Gasteiger partial charge in [-0.3, -0.25) is 13.9 Å². The number of rotatable bonds is 14. The Morgan fingerprint density at radius 3 is 2.19 bits per heavy atom. The quantitative estimate of drug-likeness (QED) is 0.203. The van der Waals surface area contributed by atoms with Gasteiger partial charge in [-0.05, 0) is 54.7 Å². The van der Waals surface area contributed by atoms with Crippen molar-refractivity contribution in [2.75, 3.05) is 23.7 Å². The van der Waals surface area contributed by atoms with Crippen molar-refractivity contribution >= 4 is 62.3 Å². The number of benzene rings is 3. The van der Waals surface area contributed by atoms with Crippen LogP contribution in [0.15, 0.2) is 66.7 Å². The van der Waals surface area contributed by atoms with Gasteiger partial charge < -0.3 is 10.2 Å². The molecule has 7 nitrogen and oxygen atoms in total. The average Bonchev–Trinajstić information content (AvgIpc) is 2.94. The average molecular weight is 667 g/mol. The number of carbonyl (C=O) groups excluding carboxylic acids is 2. The third kappa shape index (κ3) is 10.1. The Bertz CT molecular complexity index is 1500. The van der Waals surface area contributed by atoms with Crippen LogP contribution < -0.4 is 9.62 Å². The van der Waals surface area contributed by atoms with Gasteiger partial charge in [0.25, 0.3) is 0 Å². The number of sulfonamides is 1. The van der Waals surface area contributed by atoms with Gasteiger partial charge in [-0.1, -0.05) is 91.1 Å². The molecule has 0 aliphatic rings.